The van der Waals surface area contributed by atoms with E-state index in [0.29, 0.717) is 41.7 Å². The second-order valence-corrected chi connectivity index (χ2v) is 7.04. The molecule has 0 radical (unpaired) electrons. The molecule has 2 N–H and O–H groups in total. The number of rotatable bonds is 3. The molecule has 4 rings (SSSR count). The van der Waals surface area contributed by atoms with Crippen molar-refractivity contribution in [2.45, 2.75) is 24.9 Å². The average molecular weight is 363 g/mol. The van der Waals surface area contributed by atoms with Crippen LogP contribution in [0.2, 0.25) is 0 Å². The summed E-state index contributed by atoms with van der Waals surface area (Å²) in [7, 11) is 0. The minimum Gasteiger partial charge on any atom is -0.454 e. The van der Waals surface area contributed by atoms with Crippen LogP contribution in [0.25, 0.3) is 0 Å². The molecule has 1 aromatic carbocycles. The van der Waals surface area contributed by atoms with Crippen LogP contribution in [0.4, 0.5) is 5.69 Å². The molecule has 0 aliphatic carbocycles. The summed E-state index contributed by atoms with van der Waals surface area (Å²) >= 11 is 1.52. The molecule has 0 spiro atoms. The molecule has 2 saturated heterocycles. The van der Waals surface area contributed by atoms with E-state index in [0.717, 1.165) is 0 Å². The second-order valence-electron chi connectivity index (χ2n) is 6.04. The van der Waals surface area contributed by atoms with Crippen LogP contribution >= 0.6 is 11.8 Å². The van der Waals surface area contributed by atoms with Gasteiger partial charge < -0.3 is 25.0 Å². The smallest absolute Gasteiger partial charge is 0.248 e. The maximum atomic E-state index is 12.6. The van der Waals surface area contributed by atoms with Crippen LogP contribution in [0.15, 0.2) is 18.2 Å². The van der Waals surface area contributed by atoms with Crippen LogP contribution in [-0.4, -0.2) is 53.1 Å². The predicted molar refractivity (Wildman–Crippen MR) is 90.3 cm³/mol. The number of carbonyl (C=O) groups excluding carboxylic acids is 3. The molecule has 3 amide bonds. The summed E-state index contributed by atoms with van der Waals surface area (Å²) < 4.78 is 10.5. The first-order valence-electron chi connectivity index (χ1n) is 8.00. The standard InChI is InChI=1S/C16H17N3O5S/c20-14-4-2-10(18-14)16(22)19-7-25-6-11(19)15(21)17-9-1-3-12-13(5-9)24-8-23-12/h1,3,5,10-11H,2,4,6-8H2,(H,17,21)(H,18,20)/t10-,11+/m1/s1. The molecule has 0 saturated carbocycles. The molecule has 0 aromatic heterocycles. The highest BCUT2D eigenvalue weighted by molar-refractivity contribution is 7.99. The maximum Gasteiger partial charge on any atom is 0.248 e. The molecule has 3 aliphatic rings. The van der Waals surface area contributed by atoms with Gasteiger partial charge in [-0.05, 0) is 18.6 Å². The molecular formula is C16H17N3O5S. The highest BCUT2D eigenvalue weighted by Gasteiger charge is 2.39. The SMILES string of the molecule is O=C1CC[C@H](C(=O)N2CSC[C@H]2C(=O)Nc2ccc3c(c2)OCO3)N1. The maximum absolute atomic E-state index is 12.6. The van der Waals surface area contributed by atoms with Crippen LogP contribution in [0, 0.1) is 0 Å². The van der Waals surface area contributed by atoms with Gasteiger partial charge in [0.25, 0.3) is 0 Å². The van der Waals surface area contributed by atoms with Gasteiger partial charge in [0.05, 0.1) is 5.88 Å². The Morgan fingerprint density at radius 2 is 2.12 bits per heavy atom. The van der Waals surface area contributed by atoms with Crippen molar-refractivity contribution in [1.29, 1.82) is 0 Å². The number of ether oxygens (including phenoxy) is 2. The predicted octanol–water partition coefficient (Wildman–Crippen LogP) is 0.534. The Bertz CT molecular complexity index is 740. The van der Waals surface area contributed by atoms with Gasteiger partial charge in [-0.15, -0.1) is 11.8 Å². The Hall–Kier alpha value is -2.42. The minimum absolute atomic E-state index is 0.119. The van der Waals surface area contributed by atoms with Crippen molar-refractivity contribution < 1.29 is 23.9 Å². The molecule has 8 nitrogen and oxygen atoms in total. The molecular weight excluding hydrogens is 346 g/mol. The fourth-order valence-electron chi connectivity index (χ4n) is 3.08. The first kappa shape index (κ1) is 16.1. The van der Waals surface area contributed by atoms with E-state index < -0.39 is 12.1 Å². The van der Waals surface area contributed by atoms with Gasteiger partial charge in [0.1, 0.15) is 12.1 Å². The van der Waals surface area contributed by atoms with Crippen LogP contribution in [0.5, 0.6) is 11.5 Å². The average Bonchev–Trinajstić information content (AvgIpc) is 3.33. The molecule has 1 aromatic rings. The highest BCUT2D eigenvalue weighted by atomic mass is 32.2. The van der Waals surface area contributed by atoms with Gasteiger partial charge in [0.2, 0.25) is 24.5 Å². The number of anilines is 1. The zero-order valence-corrected chi connectivity index (χ0v) is 14.1. The van der Waals surface area contributed by atoms with Crippen molar-refractivity contribution in [2.75, 3.05) is 23.7 Å². The first-order valence-corrected chi connectivity index (χ1v) is 9.15. The van der Waals surface area contributed by atoms with E-state index in [4.69, 9.17) is 9.47 Å². The van der Waals surface area contributed by atoms with Crippen LogP contribution in [0.3, 0.4) is 0 Å². The number of nitrogens with one attached hydrogen (secondary N) is 2. The van der Waals surface area contributed by atoms with E-state index in [-0.39, 0.29) is 24.5 Å². The zero-order valence-electron chi connectivity index (χ0n) is 13.3. The Balaban J connectivity index is 1.43. The molecule has 132 valence electrons. The summed E-state index contributed by atoms with van der Waals surface area (Å²) in [5.41, 5.74) is 0.590. The van der Waals surface area contributed by atoms with Crippen molar-refractivity contribution in [3.8, 4) is 11.5 Å². The van der Waals surface area contributed by atoms with Crippen LogP contribution in [0.1, 0.15) is 12.8 Å². The number of hydrogen-bond acceptors (Lipinski definition) is 6. The summed E-state index contributed by atoms with van der Waals surface area (Å²) in [5, 5.41) is 5.50. The van der Waals surface area contributed by atoms with E-state index >= 15 is 0 Å². The third kappa shape index (κ3) is 3.11. The normalized spacial score (nSPS) is 24.3. The van der Waals surface area contributed by atoms with Gasteiger partial charge in [-0.1, -0.05) is 0 Å². The molecule has 3 aliphatic heterocycles. The van der Waals surface area contributed by atoms with Gasteiger partial charge >= 0.3 is 0 Å². The topological polar surface area (TPSA) is 97.0 Å². The van der Waals surface area contributed by atoms with Crippen LogP contribution < -0.4 is 20.1 Å². The van der Waals surface area contributed by atoms with E-state index in [1.807, 2.05) is 0 Å². The lowest BCUT2D eigenvalue weighted by Gasteiger charge is -2.25. The summed E-state index contributed by atoms with van der Waals surface area (Å²) in [6, 6.07) is 4.09. The highest BCUT2D eigenvalue weighted by Crippen LogP contribution is 2.34. The van der Waals surface area contributed by atoms with Gasteiger partial charge in [-0.25, -0.2) is 0 Å². The molecule has 3 heterocycles. The van der Waals surface area contributed by atoms with Crippen molar-refractivity contribution in [2.24, 2.45) is 0 Å². The van der Waals surface area contributed by atoms with Crippen molar-refractivity contribution in [3.05, 3.63) is 18.2 Å². The van der Waals surface area contributed by atoms with Gasteiger partial charge in [-0.3, -0.25) is 14.4 Å². The Kier molecular flexibility index (Phi) is 4.16. The number of nitrogens with zero attached hydrogens (tertiary/aromatic N) is 1. The number of carbonyl (C=O) groups is 3. The van der Waals surface area contributed by atoms with E-state index in [2.05, 4.69) is 10.6 Å². The number of benzene rings is 1. The van der Waals surface area contributed by atoms with E-state index in [1.165, 1.54) is 11.8 Å². The lowest BCUT2D eigenvalue weighted by molar-refractivity contribution is -0.138. The lowest BCUT2D eigenvalue weighted by Crippen LogP contribution is -2.50. The number of thioether (sulfide) groups is 1. The van der Waals surface area contributed by atoms with Crippen molar-refractivity contribution >= 4 is 35.2 Å². The van der Waals surface area contributed by atoms with E-state index in [1.54, 1.807) is 23.1 Å². The fourth-order valence-corrected chi connectivity index (χ4v) is 4.24. The summed E-state index contributed by atoms with van der Waals surface area (Å²) in [5.74, 6) is 1.64. The molecule has 9 heteroatoms. The molecule has 2 fully saturated rings. The van der Waals surface area contributed by atoms with Crippen molar-refractivity contribution in [3.63, 3.8) is 0 Å². The van der Waals surface area contributed by atoms with E-state index in [9.17, 15) is 14.4 Å². The number of hydrogen-bond donors (Lipinski definition) is 2. The number of fused-ring (bicyclic) bond motifs is 1. The molecule has 0 bridgehead atoms. The number of amides is 3. The Morgan fingerprint density at radius 3 is 2.92 bits per heavy atom. The third-order valence-electron chi connectivity index (χ3n) is 4.40. The van der Waals surface area contributed by atoms with Crippen molar-refractivity contribution in [1.82, 2.24) is 10.2 Å². The summed E-state index contributed by atoms with van der Waals surface area (Å²) in [6.45, 7) is 0.168. The monoisotopic (exact) mass is 363 g/mol. The zero-order chi connectivity index (χ0) is 17.4. The van der Waals surface area contributed by atoms with Gasteiger partial charge in [0, 0.05) is 23.9 Å². The summed E-state index contributed by atoms with van der Waals surface area (Å²) in [6.07, 6.45) is 0.834. The molecule has 25 heavy (non-hydrogen) atoms. The first-order chi connectivity index (χ1) is 12.1. The lowest BCUT2D eigenvalue weighted by atomic mass is 10.1. The quantitative estimate of drug-likeness (QED) is 0.813. The fraction of sp³-hybridized carbons (Fsp3) is 0.438. The third-order valence-corrected chi connectivity index (χ3v) is 5.41. The van der Waals surface area contributed by atoms with Gasteiger partial charge in [0.15, 0.2) is 11.5 Å². The minimum atomic E-state index is -0.555. The van der Waals surface area contributed by atoms with Crippen LogP contribution in [-0.2, 0) is 14.4 Å². The van der Waals surface area contributed by atoms with Gasteiger partial charge in [-0.2, -0.15) is 0 Å². The summed E-state index contributed by atoms with van der Waals surface area (Å²) in [4.78, 5) is 38.1. The Labute approximate surface area is 148 Å². The second kappa shape index (κ2) is 6.47. The Morgan fingerprint density at radius 1 is 1.28 bits per heavy atom. The molecule has 2 atom stereocenters. The molecule has 0 unspecified atom stereocenters. The largest absolute Gasteiger partial charge is 0.454 e.